The fourth-order valence-electron chi connectivity index (χ4n) is 1.76. The van der Waals surface area contributed by atoms with Crippen LogP contribution in [0.3, 0.4) is 0 Å². The quantitative estimate of drug-likeness (QED) is 0.481. The van der Waals surface area contributed by atoms with E-state index >= 15 is 0 Å². The van der Waals surface area contributed by atoms with Gasteiger partial charge in [-0.2, -0.15) is 0 Å². The molecule has 0 unspecified atom stereocenters. The van der Waals surface area contributed by atoms with Crippen molar-refractivity contribution in [2.45, 2.75) is 6.54 Å². The number of halogens is 1. The molecule has 1 aliphatic heterocycles. The first kappa shape index (κ1) is 11.0. The van der Waals surface area contributed by atoms with Crippen molar-refractivity contribution < 1.29 is 4.79 Å². The smallest absolute Gasteiger partial charge is 0.256 e. The Hall–Kier alpha value is -1.55. The van der Waals surface area contributed by atoms with Crippen LogP contribution in [0.15, 0.2) is 23.2 Å². The average Bonchev–Trinajstić information content (AvgIpc) is 2.56. The van der Waals surface area contributed by atoms with Crippen LogP contribution in [0, 0.1) is 0 Å². The number of carbonyl (C=O) groups excluding carboxylic acids is 1. The molecule has 0 saturated heterocycles. The number of aliphatic imine (C=N–C) groups is 1. The van der Waals surface area contributed by atoms with Gasteiger partial charge in [-0.1, -0.05) is 12.1 Å². The third-order valence-corrected chi connectivity index (χ3v) is 2.77. The maximum absolute atomic E-state index is 11.9. The number of carbonyl (C=O) groups is 1. The Kier molecular flexibility index (Phi) is 2.83. The number of amides is 1. The molecule has 0 atom stereocenters. The molecule has 2 rings (SSSR count). The van der Waals surface area contributed by atoms with Gasteiger partial charge >= 0.3 is 0 Å². The molecule has 0 aromatic heterocycles. The zero-order chi connectivity index (χ0) is 11.7. The van der Waals surface area contributed by atoms with Crippen LogP contribution in [0.25, 0.3) is 0 Å². The van der Waals surface area contributed by atoms with Gasteiger partial charge in [0, 0.05) is 13.6 Å². The number of alkyl halides is 1. The zero-order valence-electron chi connectivity index (χ0n) is 8.90. The minimum absolute atomic E-state index is 0.0169. The number of nitrogens with zero attached hydrogens (tertiary/aromatic N) is 2. The lowest BCUT2D eigenvalue weighted by Gasteiger charge is -2.05. The van der Waals surface area contributed by atoms with Crippen LogP contribution < -0.4 is 5.73 Å². The van der Waals surface area contributed by atoms with E-state index in [1.54, 1.807) is 18.0 Å². The van der Waals surface area contributed by atoms with Gasteiger partial charge in [0.25, 0.3) is 5.91 Å². The summed E-state index contributed by atoms with van der Waals surface area (Å²) in [6.07, 6.45) is 0. The Labute approximate surface area is 98.7 Å². The van der Waals surface area contributed by atoms with Gasteiger partial charge in [0.15, 0.2) is 0 Å². The Balaban J connectivity index is 2.51. The summed E-state index contributed by atoms with van der Waals surface area (Å²) >= 11 is 5.57. The summed E-state index contributed by atoms with van der Waals surface area (Å²) in [5, 5.41) is 0. The molecular weight excluding hydrogens is 226 g/mol. The average molecular weight is 238 g/mol. The van der Waals surface area contributed by atoms with Gasteiger partial charge in [0.2, 0.25) is 0 Å². The first-order valence-electron chi connectivity index (χ1n) is 4.90. The van der Waals surface area contributed by atoms with Gasteiger partial charge in [-0.15, -0.1) is 11.6 Å². The molecule has 16 heavy (non-hydrogen) atoms. The van der Waals surface area contributed by atoms with Crippen molar-refractivity contribution in [3.05, 3.63) is 29.3 Å². The Bertz CT molecular complexity index is 470. The lowest BCUT2D eigenvalue weighted by Crippen LogP contribution is -2.18. The SMILES string of the molecule is CN1Cc2cccc(N=C(N)CCl)c2C1=O. The maximum atomic E-state index is 11.9. The minimum atomic E-state index is -0.0169. The van der Waals surface area contributed by atoms with E-state index in [1.165, 1.54) is 0 Å². The molecule has 84 valence electrons. The molecule has 0 aliphatic carbocycles. The Morgan fingerprint density at radius 1 is 1.62 bits per heavy atom. The fourth-order valence-corrected chi connectivity index (χ4v) is 1.82. The van der Waals surface area contributed by atoms with Crippen LogP contribution >= 0.6 is 11.6 Å². The predicted molar refractivity (Wildman–Crippen MR) is 64.2 cm³/mol. The number of hydrogen-bond donors (Lipinski definition) is 1. The number of nitrogens with two attached hydrogens (primary N) is 1. The van der Waals surface area contributed by atoms with E-state index < -0.39 is 0 Å². The number of fused-ring (bicyclic) bond motifs is 1. The fraction of sp³-hybridized carbons (Fsp3) is 0.273. The highest BCUT2D eigenvalue weighted by Crippen LogP contribution is 2.30. The van der Waals surface area contributed by atoms with E-state index in [2.05, 4.69) is 4.99 Å². The van der Waals surface area contributed by atoms with Crippen molar-refractivity contribution in [2.75, 3.05) is 12.9 Å². The molecule has 1 aromatic rings. The normalized spacial score (nSPS) is 15.5. The van der Waals surface area contributed by atoms with Crippen molar-refractivity contribution in [3.63, 3.8) is 0 Å². The third kappa shape index (κ3) is 1.76. The first-order valence-corrected chi connectivity index (χ1v) is 5.43. The van der Waals surface area contributed by atoms with Crippen molar-refractivity contribution in [1.29, 1.82) is 0 Å². The van der Waals surface area contributed by atoms with E-state index in [-0.39, 0.29) is 11.8 Å². The van der Waals surface area contributed by atoms with Crippen molar-refractivity contribution in [2.24, 2.45) is 10.7 Å². The monoisotopic (exact) mass is 237 g/mol. The second kappa shape index (κ2) is 4.14. The zero-order valence-corrected chi connectivity index (χ0v) is 9.66. The van der Waals surface area contributed by atoms with Crippen molar-refractivity contribution >= 4 is 29.0 Å². The predicted octanol–water partition coefficient (Wildman–Crippen LogP) is 1.50. The van der Waals surface area contributed by atoms with Crippen molar-refractivity contribution in [3.8, 4) is 0 Å². The maximum Gasteiger partial charge on any atom is 0.256 e. The second-order valence-electron chi connectivity index (χ2n) is 3.71. The Morgan fingerprint density at radius 3 is 3.06 bits per heavy atom. The summed E-state index contributed by atoms with van der Waals surface area (Å²) in [7, 11) is 1.76. The molecule has 1 heterocycles. The van der Waals surface area contributed by atoms with E-state index in [4.69, 9.17) is 17.3 Å². The van der Waals surface area contributed by atoms with Crippen molar-refractivity contribution in [1.82, 2.24) is 4.90 Å². The number of amidine groups is 1. The van der Waals surface area contributed by atoms with Gasteiger partial charge in [-0.05, 0) is 11.6 Å². The van der Waals surface area contributed by atoms with Gasteiger partial charge in [0.1, 0.15) is 5.84 Å². The Morgan fingerprint density at radius 2 is 2.38 bits per heavy atom. The molecule has 2 N–H and O–H groups in total. The summed E-state index contributed by atoms with van der Waals surface area (Å²) < 4.78 is 0. The van der Waals surface area contributed by atoms with Crippen LogP contribution in [-0.2, 0) is 6.54 Å². The number of benzene rings is 1. The number of hydrogen-bond acceptors (Lipinski definition) is 2. The molecule has 5 heteroatoms. The van der Waals surface area contributed by atoms with Crippen LogP contribution in [0.2, 0.25) is 0 Å². The molecule has 0 fully saturated rings. The summed E-state index contributed by atoms with van der Waals surface area (Å²) in [4.78, 5) is 17.7. The second-order valence-corrected chi connectivity index (χ2v) is 3.98. The summed E-state index contributed by atoms with van der Waals surface area (Å²) in [5.41, 5.74) is 7.79. The van der Waals surface area contributed by atoms with Gasteiger partial charge in [-0.3, -0.25) is 4.79 Å². The minimum Gasteiger partial charge on any atom is -0.386 e. The molecule has 0 spiro atoms. The lowest BCUT2D eigenvalue weighted by molar-refractivity contribution is 0.0817. The van der Waals surface area contributed by atoms with Crippen LogP contribution in [0.1, 0.15) is 15.9 Å². The molecule has 4 nitrogen and oxygen atoms in total. The number of rotatable bonds is 2. The van der Waals surface area contributed by atoms with Crippen LogP contribution in [-0.4, -0.2) is 29.6 Å². The highest BCUT2D eigenvalue weighted by atomic mass is 35.5. The van der Waals surface area contributed by atoms with E-state index in [0.29, 0.717) is 23.6 Å². The van der Waals surface area contributed by atoms with Gasteiger partial charge < -0.3 is 10.6 Å². The molecule has 0 bridgehead atoms. The summed E-state index contributed by atoms with van der Waals surface area (Å²) in [6.45, 7) is 0.623. The first-order chi connectivity index (χ1) is 7.63. The standard InChI is InChI=1S/C11H12ClN3O/c1-15-6-7-3-2-4-8(10(7)11(15)16)14-9(13)5-12/h2-4H,5-6H2,1H3,(H2,13,14). The molecule has 1 amide bonds. The van der Waals surface area contributed by atoms with Crippen LogP contribution in [0.5, 0.6) is 0 Å². The third-order valence-electron chi connectivity index (χ3n) is 2.50. The van der Waals surface area contributed by atoms with Gasteiger partial charge in [-0.25, -0.2) is 4.99 Å². The molecule has 0 radical (unpaired) electrons. The van der Waals surface area contributed by atoms with E-state index in [1.807, 2.05) is 12.1 Å². The molecular formula is C11H12ClN3O. The summed E-state index contributed by atoms with van der Waals surface area (Å²) in [6, 6.07) is 5.56. The molecule has 0 saturated carbocycles. The topological polar surface area (TPSA) is 58.7 Å². The summed E-state index contributed by atoms with van der Waals surface area (Å²) in [5.74, 6) is 0.461. The largest absolute Gasteiger partial charge is 0.386 e. The van der Waals surface area contributed by atoms with Crippen LogP contribution in [0.4, 0.5) is 5.69 Å². The van der Waals surface area contributed by atoms with E-state index in [0.717, 1.165) is 5.56 Å². The highest BCUT2D eigenvalue weighted by molar-refractivity contribution is 6.28. The van der Waals surface area contributed by atoms with Gasteiger partial charge in [0.05, 0.1) is 17.1 Å². The van der Waals surface area contributed by atoms with E-state index in [9.17, 15) is 4.79 Å². The highest BCUT2D eigenvalue weighted by Gasteiger charge is 2.26. The lowest BCUT2D eigenvalue weighted by atomic mass is 10.1. The molecule has 1 aliphatic rings. The molecule has 1 aromatic carbocycles.